The summed E-state index contributed by atoms with van der Waals surface area (Å²) in [5, 5.41) is 15.5. The first-order valence-electron chi connectivity index (χ1n) is 2.67. The zero-order chi connectivity index (χ0) is 7.28. The number of carboxylic acid groups (broad SMARTS) is 1. The highest BCUT2D eigenvalue weighted by molar-refractivity contribution is 5.32. The molecule has 0 radical (unpaired) electrons. The van der Waals surface area contributed by atoms with Crippen molar-refractivity contribution in [2.45, 2.75) is 19.8 Å². The van der Waals surface area contributed by atoms with Crippen LogP contribution >= 0.6 is 0 Å². The molecule has 0 aliphatic heterocycles. The van der Waals surface area contributed by atoms with Crippen LogP contribution in [0.1, 0.15) is 19.8 Å². The van der Waals surface area contributed by atoms with Crippen molar-refractivity contribution in [2.75, 3.05) is 0 Å². The second-order valence-electron chi connectivity index (χ2n) is 1.79. The predicted octanol–water partition coefficient (Wildman–Crippen LogP) is 1.31. The maximum Gasteiger partial charge on any atom is 0.290 e. The summed E-state index contributed by atoms with van der Waals surface area (Å²) in [6.45, 7) is 1.49. The molecule has 0 aromatic heterocycles. The van der Waals surface area contributed by atoms with Crippen LogP contribution in [0.3, 0.4) is 0 Å². The van der Waals surface area contributed by atoms with Crippen LogP contribution in [0, 0.1) is 0 Å². The van der Waals surface area contributed by atoms with E-state index in [0.29, 0.717) is 5.76 Å². The Labute approximate surface area is 53.6 Å². The van der Waals surface area contributed by atoms with E-state index in [1.54, 1.807) is 6.92 Å². The number of aliphatic hydroxyl groups excluding tert-OH is 1. The van der Waals surface area contributed by atoms with E-state index in [9.17, 15) is 0 Å². The number of aliphatic hydroxyl groups is 1. The van der Waals surface area contributed by atoms with E-state index in [0.717, 1.165) is 12.8 Å². The molecule has 1 fully saturated rings. The topological polar surface area (TPSA) is 57.5 Å². The third-order valence-electron chi connectivity index (χ3n) is 1.01. The summed E-state index contributed by atoms with van der Waals surface area (Å²) in [6.07, 6.45) is 2.25. The van der Waals surface area contributed by atoms with Crippen LogP contribution in [0.15, 0.2) is 11.3 Å². The standard InChI is InChI=1S/C5H8O.CH2O2/c1-4(6)5-2-3-5;2-1-3/h6H,2-3H2,1H3;1H,(H,2,3). The summed E-state index contributed by atoms with van der Waals surface area (Å²) >= 11 is 0. The third kappa shape index (κ3) is 4.87. The minimum absolute atomic E-state index is 0.250. The van der Waals surface area contributed by atoms with Crippen LogP contribution in [-0.4, -0.2) is 16.7 Å². The lowest BCUT2D eigenvalue weighted by molar-refractivity contribution is -0.122. The van der Waals surface area contributed by atoms with Gasteiger partial charge in [0.05, 0.1) is 5.76 Å². The number of carbonyl (C=O) groups is 1. The second-order valence-corrected chi connectivity index (χ2v) is 1.79. The van der Waals surface area contributed by atoms with Crippen molar-refractivity contribution in [2.24, 2.45) is 0 Å². The van der Waals surface area contributed by atoms with Crippen LogP contribution in [0.4, 0.5) is 0 Å². The van der Waals surface area contributed by atoms with E-state index < -0.39 is 0 Å². The molecule has 1 saturated carbocycles. The van der Waals surface area contributed by atoms with E-state index in [4.69, 9.17) is 15.0 Å². The molecule has 2 N–H and O–H groups in total. The lowest BCUT2D eigenvalue weighted by Gasteiger charge is -1.77. The van der Waals surface area contributed by atoms with Crippen LogP contribution in [-0.2, 0) is 4.79 Å². The first-order chi connectivity index (χ1) is 4.22. The van der Waals surface area contributed by atoms with E-state index >= 15 is 0 Å². The van der Waals surface area contributed by atoms with Crippen LogP contribution in [0.2, 0.25) is 0 Å². The molecule has 0 aromatic rings. The fourth-order valence-corrected chi connectivity index (χ4v) is 0.424. The number of rotatable bonds is 0. The Morgan fingerprint density at radius 3 is 2.00 bits per heavy atom. The highest BCUT2D eigenvalue weighted by Crippen LogP contribution is 2.29. The van der Waals surface area contributed by atoms with Crippen LogP contribution in [0.25, 0.3) is 0 Å². The second kappa shape index (κ2) is 3.95. The van der Waals surface area contributed by atoms with Crippen molar-refractivity contribution in [3.8, 4) is 0 Å². The smallest absolute Gasteiger partial charge is 0.290 e. The number of allylic oxidation sites excluding steroid dienone is 2. The molecular weight excluding hydrogens is 120 g/mol. The van der Waals surface area contributed by atoms with Gasteiger partial charge in [-0.2, -0.15) is 0 Å². The van der Waals surface area contributed by atoms with Crippen LogP contribution in [0.5, 0.6) is 0 Å². The molecule has 1 aliphatic carbocycles. The van der Waals surface area contributed by atoms with Crippen molar-refractivity contribution in [1.29, 1.82) is 0 Å². The van der Waals surface area contributed by atoms with Crippen molar-refractivity contribution >= 4 is 6.47 Å². The highest BCUT2D eigenvalue weighted by atomic mass is 16.3. The molecule has 0 heterocycles. The Kier molecular flexibility index (Phi) is 3.51. The maximum atomic E-state index is 8.57. The zero-order valence-electron chi connectivity index (χ0n) is 5.29. The van der Waals surface area contributed by atoms with Gasteiger partial charge in [0.1, 0.15) is 0 Å². The molecule has 3 heteroatoms. The average Bonchev–Trinajstić information content (AvgIpc) is 2.44. The molecule has 0 saturated heterocycles. The van der Waals surface area contributed by atoms with Gasteiger partial charge in [0.2, 0.25) is 0 Å². The van der Waals surface area contributed by atoms with Gasteiger partial charge in [-0.05, 0) is 25.3 Å². The van der Waals surface area contributed by atoms with Gasteiger partial charge >= 0.3 is 0 Å². The lowest BCUT2D eigenvalue weighted by atomic mass is 10.5. The molecule has 9 heavy (non-hydrogen) atoms. The molecule has 0 unspecified atom stereocenters. The molecule has 0 amide bonds. The van der Waals surface area contributed by atoms with Gasteiger partial charge < -0.3 is 10.2 Å². The Morgan fingerprint density at radius 1 is 1.67 bits per heavy atom. The van der Waals surface area contributed by atoms with Crippen LogP contribution < -0.4 is 0 Å². The summed E-state index contributed by atoms with van der Waals surface area (Å²) in [4.78, 5) is 8.36. The molecule has 0 aromatic carbocycles. The van der Waals surface area contributed by atoms with Crippen molar-refractivity contribution in [3.05, 3.63) is 11.3 Å². The monoisotopic (exact) mass is 130 g/mol. The minimum Gasteiger partial charge on any atom is -0.513 e. The quantitative estimate of drug-likeness (QED) is 0.384. The molecule has 0 spiro atoms. The lowest BCUT2D eigenvalue weighted by Crippen LogP contribution is -1.63. The zero-order valence-corrected chi connectivity index (χ0v) is 5.29. The molecule has 1 rings (SSSR count). The van der Waals surface area contributed by atoms with E-state index in [2.05, 4.69) is 0 Å². The third-order valence-corrected chi connectivity index (χ3v) is 1.01. The summed E-state index contributed by atoms with van der Waals surface area (Å²) in [6, 6.07) is 0. The molecule has 0 atom stereocenters. The summed E-state index contributed by atoms with van der Waals surface area (Å²) < 4.78 is 0. The Balaban J connectivity index is 0.000000187. The van der Waals surface area contributed by atoms with E-state index in [-0.39, 0.29) is 6.47 Å². The van der Waals surface area contributed by atoms with Crippen molar-refractivity contribution in [3.63, 3.8) is 0 Å². The number of hydrogen-bond donors (Lipinski definition) is 2. The minimum atomic E-state index is -0.250. The Hall–Kier alpha value is -0.990. The fraction of sp³-hybridized carbons (Fsp3) is 0.500. The van der Waals surface area contributed by atoms with Gasteiger partial charge in [-0.15, -0.1) is 0 Å². The van der Waals surface area contributed by atoms with Gasteiger partial charge in [0, 0.05) is 0 Å². The summed E-state index contributed by atoms with van der Waals surface area (Å²) in [7, 11) is 0. The molecule has 52 valence electrons. The Morgan fingerprint density at radius 2 is 2.00 bits per heavy atom. The largest absolute Gasteiger partial charge is 0.513 e. The van der Waals surface area contributed by atoms with Crippen molar-refractivity contribution in [1.82, 2.24) is 0 Å². The normalized spacial score (nSPS) is 13.2. The summed E-state index contributed by atoms with van der Waals surface area (Å²) in [5.41, 5.74) is 1.23. The van der Waals surface area contributed by atoms with E-state index in [1.165, 1.54) is 5.57 Å². The maximum absolute atomic E-state index is 8.57. The van der Waals surface area contributed by atoms with Gasteiger partial charge in [0.15, 0.2) is 0 Å². The summed E-state index contributed by atoms with van der Waals surface area (Å²) in [5.74, 6) is 0.537. The average molecular weight is 130 g/mol. The molecule has 0 bridgehead atoms. The highest BCUT2D eigenvalue weighted by Gasteiger charge is 2.13. The fourth-order valence-electron chi connectivity index (χ4n) is 0.424. The predicted molar refractivity (Wildman–Crippen MR) is 33.3 cm³/mol. The van der Waals surface area contributed by atoms with Gasteiger partial charge in [0.25, 0.3) is 6.47 Å². The first kappa shape index (κ1) is 8.01. The van der Waals surface area contributed by atoms with Gasteiger partial charge in [-0.3, -0.25) is 4.79 Å². The first-order valence-corrected chi connectivity index (χ1v) is 2.67. The SMILES string of the molecule is CC(O)=C1CC1.O=CO. The molecule has 1 aliphatic rings. The Bertz CT molecular complexity index is 116. The molecule has 3 nitrogen and oxygen atoms in total. The van der Waals surface area contributed by atoms with E-state index in [1.807, 2.05) is 0 Å². The van der Waals surface area contributed by atoms with Crippen molar-refractivity contribution < 1.29 is 15.0 Å². The molecular formula is C6H10O3. The number of hydrogen-bond acceptors (Lipinski definition) is 2. The van der Waals surface area contributed by atoms with Gasteiger partial charge in [-0.1, -0.05) is 0 Å². The van der Waals surface area contributed by atoms with Gasteiger partial charge in [-0.25, -0.2) is 0 Å².